The number of benzene rings is 1. The molecule has 3 radical (unpaired) electrons. The van der Waals surface area contributed by atoms with Crippen molar-refractivity contribution in [1.29, 1.82) is 0 Å². The van der Waals surface area contributed by atoms with Crippen molar-refractivity contribution in [1.82, 2.24) is 45.0 Å². The van der Waals surface area contributed by atoms with E-state index in [1.54, 1.807) is 30.2 Å². The molecule has 1 aromatic carbocycles. The number of hydrogen-bond acceptors (Lipinski definition) is 11. The molecule has 68 heavy (non-hydrogen) atoms. The molecule has 16 nitrogen and oxygen atoms in total. The molecule has 0 spiro atoms. The fourth-order valence-corrected chi connectivity index (χ4v) is 11.7. The van der Waals surface area contributed by atoms with Crippen molar-refractivity contribution in [3.63, 3.8) is 0 Å². The van der Waals surface area contributed by atoms with Gasteiger partial charge in [-0.2, -0.15) is 0 Å². The molecular formula is C50H64N9O7SSi. The lowest BCUT2D eigenvalue weighted by atomic mass is 9.81. The summed E-state index contributed by atoms with van der Waals surface area (Å²) in [6.07, 6.45) is 5.79. The van der Waals surface area contributed by atoms with Gasteiger partial charge in [-0.15, -0.1) is 11.3 Å². The molecule has 1 aliphatic carbocycles. The van der Waals surface area contributed by atoms with E-state index in [1.807, 2.05) is 32.2 Å². The number of aryl methyl sites for hydroxylation is 1. The Kier molecular flexibility index (Phi) is 14.1. The van der Waals surface area contributed by atoms with Crippen molar-refractivity contribution in [3.05, 3.63) is 70.8 Å². The smallest absolute Gasteiger partial charge is 0.323 e. The van der Waals surface area contributed by atoms with Crippen LogP contribution in [0.3, 0.4) is 0 Å². The van der Waals surface area contributed by atoms with Crippen LogP contribution >= 0.6 is 11.3 Å². The number of hydrazine groups is 1. The number of amides is 5. The highest BCUT2D eigenvalue weighted by atomic mass is 32.1. The number of nitrogens with one attached hydrogen (secondary N) is 2. The fourth-order valence-electron chi connectivity index (χ4n) is 10.5. The molecule has 4 aliphatic rings. The van der Waals surface area contributed by atoms with E-state index < -0.39 is 40.4 Å². The average Bonchev–Trinajstić information content (AvgIpc) is 3.90. The number of thiazole rings is 1. The lowest BCUT2D eigenvalue weighted by Gasteiger charge is -2.54. The second kappa shape index (κ2) is 19.5. The number of ether oxygens (including phenoxy) is 2. The van der Waals surface area contributed by atoms with Crippen molar-refractivity contribution in [2.24, 2.45) is 11.3 Å². The molecule has 3 aromatic heterocycles. The Balaban J connectivity index is 1.16. The summed E-state index contributed by atoms with van der Waals surface area (Å²) in [5.74, 6) is -1.99. The standard InChI is InChI=1S/C50H64N9O7SSi/c1-10-41(60)57-22-23-58(39-18-17-38(39)57)48(64)55(8)43(29(3)4)45(61)53-35-25-40-52-36(27-67-40)31-15-16-37-33(24-31)34(44(56(37)11-2)32-14-12-20-51-42(32)30(5)65-9)26-49(6,7)28-66-47(63)50(68)19-13-21-59(54-50)46(35)62/h10,12,14-16,20,24,27,29-30,35,38-39,43,54H,1,11,13,17-19,21-23,25-26,28H2,2-9H3,(H,53,61)/t30-,35-,38+,39-,43-,50-/m0/s1. The van der Waals surface area contributed by atoms with Crippen molar-refractivity contribution in [2.75, 3.05) is 40.4 Å². The fraction of sp³-hybridized carbons (Fsp3) is 0.540. The zero-order chi connectivity index (χ0) is 48.8. The maximum atomic E-state index is 14.8. The van der Waals surface area contributed by atoms with Crippen LogP contribution in [-0.2, 0) is 48.0 Å². The first-order valence-corrected chi connectivity index (χ1v) is 25.1. The van der Waals surface area contributed by atoms with Gasteiger partial charge < -0.3 is 34.1 Å². The normalized spacial score (nSPS) is 23.8. The van der Waals surface area contributed by atoms with Gasteiger partial charge in [-0.25, -0.2) is 15.2 Å². The third-order valence-electron chi connectivity index (χ3n) is 14.2. The molecule has 3 fully saturated rings. The molecule has 6 bridgehead atoms. The summed E-state index contributed by atoms with van der Waals surface area (Å²) >= 11 is 1.40. The Morgan fingerprint density at radius 2 is 1.85 bits per heavy atom. The van der Waals surface area contributed by atoms with Gasteiger partial charge in [-0.1, -0.05) is 40.3 Å². The molecule has 361 valence electrons. The number of rotatable bonds is 9. The minimum Gasteiger partial charge on any atom is -0.464 e. The predicted molar refractivity (Wildman–Crippen MR) is 261 cm³/mol. The van der Waals surface area contributed by atoms with E-state index in [0.717, 1.165) is 57.5 Å². The van der Waals surface area contributed by atoms with Crippen LogP contribution in [0.1, 0.15) is 89.6 Å². The largest absolute Gasteiger partial charge is 0.464 e. The zero-order valence-corrected chi connectivity index (χ0v) is 42.3. The molecule has 4 aromatic rings. The summed E-state index contributed by atoms with van der Waals surface area (Å²) in [5, 5.41) is 6.64. The molecule has 6 heterocycles. The molecule has 0 unspecified atom stereocenters. The topological polar surface area (TPSA) is 172 Å². The molecule has 2 saturated heterocycles. The molecule has 2 N–H and O–H groups in total. The first-order valence-electron chi connectivity index (χ1n) is 23.8. The number of aromatic nitrogens is 3. The second-order valence-electron chi connectivity index (χ2n) is 19.8. The van der Waals surface area contributed by atoms with E-state index in [4.69, 9.17) is 19.4 Å². The van der Waals surface area contributed by atoms with E-state index >= 15 is 0 Å². The summed E-state index contributed by atoms with van der Waals surface area (Å²) in [6.45, 7) is 17.4. The number of pyridine rings is 1. The maximum Gasteiger partial charge on any atom is 0.323 e. The number of esters is 1. The van der Waals surface area contributed by atoms with Crippen LogP contribution in [0.4, 0.5) is 4.79 Å². The number of fused-ring (bicyclic) bond motifs is 7. The van der Waals surface area contributed by atoms with Crippen molar-refractivity contribution < 1.29 is 33.4 Å². The summed E-state index contributed by atoms with van der Waals surface area (Å²) in [4.78, 5) is 85.4. The second-order valence-corrected chi connectivity index (χ2v) is 21.6. The van der Waals surface area contributed by atoms with Crippen LogP contribution in [0.25, 0.3) is 33.4 Å². The zero-order valence-electron chi connectivity index (χ0n) is 40.5. The molecule has 3 aliphatic heterocycles. The van der Waals surface area contributed by atoms with Crippen molar-refractivity contribution >= 4 is 62.2 Å². The highest BCUT2D eigenvalue weighted by molar-refractivity contribution is 7.10. The predicted octanol–water partition coefficient (Wildman–Crippen LogP) is 5.64. The first-order chi connectivity index (χ1) is 32.4. The van der Waals surface area contributed by atoms with Gasteiger partial charge in [0, 0.05) is 85.8 Å². The Bertz CT molecular complexity index is 2610. The monoisotopic (exact) mass is 962 g/mol. The molecule has 5 amide bonds. The highest BCUT2D eigenvalue weighted by Gasteiger charge is 2.48. The number of piperazine rings is 1. The number of hydrogen-bond donors (Lipinski definition) is 2. The molecule has 1 saturated carbocycles. The van der Waals surface area contributed by atoms with Gasteiger partial charge in [0.25, 0.3) is 5.91 Å². The lowest BCUT2D eigenvalue weighted by molar-refractivity contribution is -0.158. The van der Waals surface area contributed by atoms with Gasteiger partial charge in [0.15, 0.2) is 0 Å². The third kappa shape index (κ3) is 9.23. The molecule has 8 rings (SSSR count). The third-order valence-corrected chi connectivity index (χ3v) is 15.6. The van der Waals surface area contributed by atoms with E-state index in [9.17, 15) is 24.0 Å². The van der Waals surface area contributed by atoms with Crippen LogP contribution < -0.4 is 10.7 Å². The van der Waals surface area contributed by atoms with Crippen LogP contribution in [0.5, 0.6) is 0 Å². The van der Waals surface area contributed by atoms with Crippen LogP contribution in [0, 0.1) is 11.3 Å². The molecular weight excluding hydrogens is 899 g/mol. The SMILES string of the molecule is C=CC(=O)N1CCN(C(=O)N(C)[C@H](C(=O)N[C@H]2Cc3nc(cs3)-c3ccc4c(c3)c(c(-c3cccnc3[C@H](C)OC)n4CC)CC(C)(C)COC(=O)[C@@]3([Si])CCCN(N3)C2=O)C(C)C)[C@H]2CC[C@H]21. The van der Waals surface area contributed by atoms with Gasteiger partial charge in [0.2, 0.25) is 11.8 Å². The quantitative estimate of drug-likeness (QED) is 0.122. The maximum absolute atomic E-state index is 14.8. The van der Waals surface area contributed by atoms with Crippen LogP contribution in [0.15, 0.2) is 54.6 Å². The summed E-state index contributed by atoms with van der Waals surface area (Å²) in [7, 11) is 7.03. The van der Waals surface area contributed by atoms with Gasteiger partial charge in [0.1, 0.15) is 17.2 Å². The summed E-state index contributed by atoms with van der Waals surface area (Å²) in [5.41, 5.74) is 9.15. The first kappa shape index (κ1) is 49.0. The number of urea groups is 1. The van der Waals surface area contributed by atoms with E-state index in [2.05, 4.69) is 77.2 Å². The van der Waals surface area contributed by atoms with Gasteiger partial charge in [-0.05, 0) is 87.8 Å². The Morgan fingerprint density at radius 1 is 1.12 bits per heavy atom. The van der Waals surface area contributed by atoms with Crippen LogP contribution in [0.2, 0.25) is 0 Å². The lowest BCUT2D eigenvalue weighted by Crippen LogP contribution is -2.69. The summed E-state index contributed by atoms with van der Waals surface area (Å²) < 4.78 is 14.3. The number of methoxy groups -OCH3 is 1. The number of carbonyl (C=O) groups excluding carboxylic acids is 5. The Hall–Kier alpha value is -5.43. The molecule has 18 heteroatoms. The highest BCUT2D eigenvalue weighted by Crippen LogP contribution is 2.42. The number of cyclic esters (lactones) is 1. The Morgan fingerprint density at radius 3 is 2.54 bits per heavy atom. The number of carbonyl (C=O) groups is 5. The Labute approximate surface area is 406 Å². The summed E-state index contributed by atoms with van der Waals surface area (Å²) in [6, 6.07) is 7.76. The average molecular weight is 963 g/mol. The van der Waals surface area contributed by atoms with Crippen molar-refractivity contribution in [3.8, 4) is 22.5 Å². The minimum absolute atomic E-state index is 0.0532. The van der Waals surface area contributed by atoms with E-state index in [1.165, 1.54) is 27.3 Å². The van der Waals surface area contributed by atoms with Gasteiger partial charge in [-0.3, -0.25) is 29.2 Å². The van der Waals surface area contributed by atoms with Gasteiger partial charge in [0.05, 0.1) is 57.1 Å². The van der Waals surface area contributed by atoms with Gasteiger partial charge >= 0.3 is 12.0 Å². The number of nitrogens with zero attached hydrogens (tertiary/aromatic N) is 7. The minimum atomic E-state index is -1.43. The van der Waals surface area contributed by atoms with E-state index in [0.29, 0.717) is 43.9 Å². The van der Waals surface area contributed by atoms with E-state index in [-0.39, 0.29) is 55.6 Å². The van der Waals surface area contributed by atoms with Crippen molar-refractivity contribution in [2.45, 2.75) is 122 Å². The molecule has 6 atom stereocenters. The van der Waals surface area contributed by atoms with Crippen LogP contribution in [-0.4, -0.2) is 144 Å². The number of likely N-dealkylation sites (N-methyl/N-ethyl adjacent to an activating group) is 1.